The van der Waals surface area contributed by atoms with E-state index in [1.165, 1.54) is 0 Å². The van der Waals surface area contributed by atoms with E-state index in [9.17, 15) is 13.2 Å². The molecule has 154 valence electrons. The van der Waals surface area contributed by atoms with Crippen LogP contribution in [0.2, 0.25) is 0 Å². The fourth-order valence-corrected chi connectivity index (χ4v) is 2.94. The van der Waals surface area contributed by atoms with Crippen molar-refractivity contribution in [2.75, 3.05) is 0 Å². The van der Waals surface area contributed by atoms with Crippen molar-refractivity contribution < 1.29 is 34.2 Å². The van der Waals surface area contributed by atoms with Gasteiger partial charge in [0.25, 0.3) is 0 Å². The van der Waals surface area contributed by atoms with Crippen LogP contribution >= 0.6 is 0 Å². The first kappa shape index (κ1) is 21.8. The molecule has 0 unspecified atom stereocenters. The Bertz CT molecular complexity index is 1190. The molecule has 0 aromatic carbocycles. The molecule has 4 aromatic rings. The summed E-state index contributed by atoms with van der Waals surface area (Å²) in [6, 6.07) is 13.7. The van der Waals surface area contributed by atoms with Gasteiger partial charge in [-0.1, -0.05) is 36.2 Å². The van der Waals surface area contributed by atoms with Gasteiger partial charge in [-0.05, 0) is 37.7 Å². The van der Waals surface area contributed by atoms with Crippen molar-refractivity contribution >= 4 is 0 Å². The standard InChI is InChI=1S/C21H14F3N5.Pt/c1-21(2,16-8-4-6-14(28-16)18-20(24)26-11-25-18)15-7-3-5-13(27-15)12-9-10-17(22)29-19(12)23;/h3-8,10-11H,1-2H3;/q-2;+2. The monoisotopic (exact) mass is 588 g/mol. The normalized spacial score (nSPS) is 11.2. The molecule has 0 aliphatic heterocycles. The second-order valence-electron chi connectivity index (χ2n) is 6.84. The molecule has 5 nitrogen and oxygen atoms in total. The molecule has 4 aromatic heterocycles. The van der Waals surface area contributed by atoms with E-state index in [-0.39, 0.29) is 38.0 Å². The van der Waals surface area contributed by atoms with E-state index in [4.69, 9.17) is 0 Å². The fraction of sp³-hybridized carbons (Fsp3) is 0.143. The summed E-state index contributed by atoms with van der Waals surface area (Å²) in [7, 11) is 0. The van der Waals surface area contributed by atoms with Gasteiger partial charge in [0.15, 0.2) is 0 Å². The Labute approximate surface area is 185 Å². The van der Waals surface area contributed by atoms with Crippen LogP contribution in [0.25, 0.3) is 22.6 Å². The summed E-state index contributed by atoms with van der Waals surface area (Å²) in [4.78, 5) is 19.6. The summed E-state index contributed by atoms with van der Waals surface area (Å²) in [5.41, 5.74) is 1.16. The number of aromatic nitrogens is 5. The number of hydrogen-bond acceptors (Lipinski definition) is 4. The maximum absolute atomic E-state index is 14.1. The van der Waals surface area contributed by atoms with Gasteiger partial charge in [0.2, 0.25) is 0 Å². The van der Waals surface area contributed by atoms with Crippen molar-refractivity contribution in [1.82, 2.24) is 24.9 Å². The van der Waals surface area contributed by atoms with Crippen molar-refractivity contribution in [2.45, 2.75) is 19.3 Å². The molecular weight excluding hydrogens is 574 g/mol. The number of halogens is 3. The van der Waals surface area contributed by atoms with Gasteiger partial charge < -0.3 is 15.0 Å². The molecule has 0 amide bonds. The zero-order chi connectivity index (χ0) is 20.6. The molecule has 0 spiro atoms. The molecule has 4 rings (SSSR count). The van der Waals surface area contributed by atoms with Crippen LogP contribution < -0.4 is 4.98 Å². The van der Waals surface area contributed by atoms with E-state index in [0.717, 1.165) is 12.4 Å². The van der Waals surface area contributed by atoms with Crippen LogP contribution in [0.4, 0.5) is 13.2 Å². The molecule has 0 radical (unpaired) electrons. The van der Waals surface area contributed by atoms with Gasteiger partial charge in [-0.2, -0.15) is 0 Å². The number of pyridine rings is 3. The van der Waals surface area contributed by atoms with Crippen LogP contribution in [0, 0.1) is 23.9 Å². The molecular formula is C21H14F3N5Pt. The average molecular weight is 588 g/mol. The van der Waals surface area contributed by atoms with Gasteiger partial charge in [0.1, 0.15) is 17.8 Å². The fourth-order valence-electron chi connectivity index (χ4n) is 2.94. The quantitative estimate of drug-likeness (QED) is 0.266. The van der Waals surface area contributed by atoms with Crippen molar-refractivity contribution in [3.63, 3.8) is 0 Å². The summed E-state index contributed by atoms with van der Waals surface area (Å²) in [5, 5.41) is 0. The predicted molar refractivity (Wildman–Crippen MR) is 99.1 cm³/mol. The molecule has 0 atom stereocenters. The molecule has 0 N–H and O–H groups in total. The number of rotatable bonds is 4. The third-order valence-corrected chi connectivity index (χ3v) is 4.58. The van der Waals surface area contributed by atoms with Crippen LogP contribution in [-0.4, -0.2) is 19.9 Å². The van der Waals surface area contributed by atoms with Gasteiger partial charge in [-0.25, -0.2) is 13.2 Å². The van der Waals surface area contributed by atoms with E-state index < -0.39 is 23.3 Å². The van der Waals surface area contributed by atoms with Crippen molar-refractivity contribution in [3.05, 3.63) is 84.1 Å². The van der Waals surface area contributed by atoms with E-state index in [2.05, 4.69) is 31.0 Å². The van der Waals surface area contributed by atoms with Crippen LogP contribution in [0.15, 0.2) is 48.8 Å². The van der Waals surface area contributed by atoms with Gasteiger partial charge in [-0.15, -0.1) is 6.07 Å². The molecule has 0 saturated heterocycles. The Morgan fingerprint density at radius 3 is 2.10 bits per heavy atom. The van der Waals surface area contributed by atoms with E-state index in [1.54, 1.807) is 36.4 Å². The first-order valence-corrected chi connectivity index (χ1v) is 8.69. The number of imidazole rings is 1. The first-order valence-electron chi connectivity index (χ1n) is 8.69. The summed E-state index contributed by atoms with van der Waals surface area (Å²) < 4.78 is 40.9. The van der Waals surface area contributed by atoms with E-state index in [0.29, 0.717) is 17.1 Å². The average Bonchev–Trinajstić information content (AvgIpc) is 3.14. The summed E-state index contributed by atoms with van der Waals surface area (Å²) >= 11 is 0. The van der Waals surface area contributed by atoms with E-state index in [1.807, 2.05) is 13.8 Å². The van der Waals surface area contributed by atoms with Crippen molar-refractivity contribution in [3.8, 4) is 22.6 Å². The molecule has 30 heavy (non-hydrogen) atoms. The third kappa shape index (κ3) is 4.05. The number of hydrogen-bond donors (Lipinski definition) is 0. The van der Waals surface area contributed by atoms with Gasteiger partial charge in [-0.3, -0.25) is 9.97 Å². The zero-order valence-corrected chi connectivity index (χ0v) is 18.1. The molecule has 4 heterocycles. The maximum Gasteiger partial charge on any atom is 2.00 e. The Kier molecular flexibility index (Phi) is 6.17. The van der Waals surface area contributed by atoms with Crippen molar-refractivity contribution in [2.24, 2.45) is 0 Å². The van der Waals surface area contributed by atoms with Gasteiger partial charge >= 0.3 is 21.1 Å². The molecule has 0 fully saturated rings. The molecule has 0 aliphatic carbocycles. The molecule has 0 bridgehead atoms. The molecule has 9 heteroatoms. The maximum atomic E-state index is 14.1. The minimum atomic E-state index is -0.988. The van der Waals surface area contributed by atoms with Gasteiger partial charge in [0, 0.05) is 16.8 Å². The molecule has 0 aliphatic rings. The van der Waals surface area contributed by atoms with E-state index >= 15 is 0 Å². The van der Waals surface area contributed by atoms with Crippen LogP contribution in [-0.2, 0) is 26.5 Å². The van der Waals surface area contributed by atoms with Crippen molar-refractivity contribution in [1.29, 1.82) is 0 Å². The first-order chi connectivity index (χ1) is 13.9. The SMILES string of the molecule is CC(C)(c1cccc(-c2[c-]cc(F)nc2F)n1)c1cccc(-c2[n-]cnc2F)n1.[Pt+2]. The minimum Gasteiger partial charge on any atom is -0.439 e. The van der Waals surface area contributed by atoms with Crippen LogP contribution in [0.3, 0.4) is 0 Å². The topological polar surface area (TPSA) is 65.7 Å². The predicted octanol–water partition coefficient (Wildman–Crippen LogP) is 4.10. The Balaban J connectivity index is 0.00000256. The number of nitrogens with zero attached hydrogens (tertiary/aromatic N) is 5. The largest absolute Gasteiger partial charge is 2.00 e. The summed E-state index contributed by atoms with van der Waals surface area (Å²) in [6.45, 7) is 3.78. The summed E-state index contributed by atoms with van der Waals surface area (Å²) in [5.74, 6) is -2.63. The Hall–Kier alpha value is -2.86. The zero-order valence-electron chi connectivity index (χ0n) is 15.8. The minimum absolute atomic E-state index is 0. The smallest absolute Gasteiger partial charge is 0.439 e. The molecule has 0 saturated carbocycles. The second kappa shape index (κ2) is 8.48. The summed E-state index contributed by atoms with van der Waals surface area (Å²) in [6.07, 6.45) is 1.14. The third-order valence-electron chi connectivity index (χ3n) is 4.58. The second-order valence-corrected chi connectivity index (χ2v) is 6.84. The Morgan fingerprint density at radius 2 is 1.50 bits per heavy atom. The van der Waals surface area contributed by atoms with Crippen LogP contribution in [0.5, 0.6) is 0 Å². The van der Waals surface area contributed by atoms with Crippen LogP contribution in [0.1, 0.15) is 25.2 Å². The van der Waals surface area contributed by atoms with Gasteiger partial charge in [0.05, 0.1) is 11.4 Å². The Morgan fingerprint density at radius 1 is 0.867 bits per heavy atom.